The van der Waals surface area contributed by atoms with E-state index in [0.717, 1.165) is 48.8 Å². The number of nitrogens with one attached hydrogen (secondary N) is 2. The summed E-state index contributed by atoms with van der Waals surface area (Å²) in [7, 11) is 0. The topological polar surface area (TPSA) is 109 Å². The van der Waals surface area contributed by atoms with Gasteiger partial charge in [0.1, 0.15) is 6.54 Å². The molecular weight excluding hydrogens is 504 g/mol. The highest BCUT2D eigenvalue weighted by Gasteiger charge is 2.31. The van der Waals surface area contributed by atoms with Gasteiger partial charge in [-0.15, -0.1) is 0 Å². The molecule has 2 aliphatic heterocycles. The van der Waals surface area contributed by atoms with Crippen LogP contribution in [0.3, 0.4) is 0 Å². The lowest BCUT2D eigenvalue weighted by Gasteiger charge is -2.23. The second kappa shape index (κ2) is 11.9. The number of hydrogen-bond donors (Lipinski definition) is 2. The van der Waals surface area contributed by atoms with Crippen molar-refractivity contribution in [1.82, 2.24) is 20.2 Å². The van der Waals surface area contributed by atoms with E-state index in [0.29, 0.717) is 42.0 Å². The van der Waals surface area contributed by atoms with Crippen molar-refractivity contribution in [3.8, 4) is 11.3 Å². The number of aliphatic imine (C=N–C) groups is 1. The van der Waals surface area contributed by atoms with Crippen molar-refractivity contribution in [2.75, 3.05) is 25.1 Å². The first kappa shape index (κ1) is 26.1. The quantitative estimate of drug-likeness (QED) is 0.492. The molecular formula is C28H31ClN6O3. The van der Waals surface area contributed by atoms with Crippen LogP contribution in [0.1, 0.15) is 48.0 Å². The normalized spacial score (nSPS) is 20.8. The SMILES string of the molecule is C=N/C=C\C=C1/CCCC1NC(=O)CN1Cc2ccc(-c3nc(NC4CCOCC4)ncc3Cl)cc2C1=O. The van der Waals surface area contributed by atoms with E-state index in [1.807, 2.05) is 24.3 Å². The Balaban J connectivity index is 1.25. The van der Waals surface area contributed by atoms with Crippen LogP contribution in [0, 0.1) is 0 Å². The third kappa shape index (κ3) is 5.95. The van der Waals surface area contributed by atoms with Gasteiger partial charge in [-0.05, 0) is 62.1 Å². The number of allylic oxidation sites excluding steroid dienone is 2. The van der Waals surface area contributed by atoms with Crippen LogP contribution >= 0.6 is 11.6 Å². The van der Waals surface area contributed by atoms with Crippen LogP contribution in [0.4, 0.5) is 5.95 Å². The van der Waals surface area contributed by atoms with Crippen molar-refractivity contribution in [2.24, 2.45) is 4.99 Å². The van der Waals surface area contributed by atoms with Crippen LogP contribution < -0.4 is 10.6 Å². The van der Waals surface area contributed by atoms with E-state index in [9.17, 15) is 9.59 Å². The number of carbonyl (C=O) groups excluding carboxylic acids is 2. The monoisotopic (exact) mass is 534 g/mol. The molecule has 5 rings (SSSR count). The van der Waals surface area contributed by atoms with Gasteiger partial charge >= 0.3 is 0 Å². The van der Waals surface area contributed by atoms with E-state index in [2.05, 4.69) is 32.3 Å². The lowest BCUT2D eigenvalue weighted by atomic mass is 10.0. The fraction of sp³-hybridized carbons (Fsp3) is 0.393. The van der Waals surface area contributed by atoms with Crippen molar-refractivity contribution in [3.63, 3.8) is 0 Å². The lowest BCUT2D eigenvalue weighted by Crippen LogP contribution is -2.41. The van der Waals surface area contributed by atoms with E-state index in [1.165, 1.54) is 0 Å². The van der Waals surface area contributed by atoms with E-state index < -0.39 is 0 Å². The zero-order valence-corrected chi connectivity index (χ0v) is 21.9. The highest BCUT2D eigenvalue weighted by atomic mass is 35.5. The Morgan fingerprint density at radius 1 is 1.29 bits per heavy atom. The third-order valence-corrected chi connectivity index (χ3v) is 7.41. The van der Waals surface area contributed by atoms with Crippen molar-refractivity contribution < 1.29 is 14.3 Å². The molecule has 1 aromatic carbocycles. The second-order valence-electron chi connectivity index (χ2n) is 9.73. The molecule has 0 bridgehead atoms. The first-order valence-corrected chi connectivity index (χ1v) is 13.3. The smallest absolute Gasteiger partial charge is 0.254 e. The Hall–Kier alpha value is -3.56. The van der Waals surface area contributed by atoms with Crippen molar-refractivity contribution in [2.45, 2.75) is 50.7 Å². The van der Waals surface area contributed by atoms with E-state index in [-0.39, 0.29) is 30.4 Å². The highest BCUT2D eigenvalue weighted by molar-refractivity contribution is 6.33. The molecule has 3 heterocycles. The van der Waals surface area contributed by atoms with Crippen LogP contribution in [0.25, 0.3) is 11.3 Å². The Morgan fingerprint density at radius 2 is 2.13 bits per heavy atom. The minimum absolute atomic E-state index is 0.00408. The summed E-state index contributed by atoms with van der Waals surface area (Å²) in [6, 6.07) is 5.84. The van der Waals surface area contributed by atoms with Gasteiger partial charge in [0.25, 0.3) is 5.91 Å². The molecule has 9 nitrogen and oxygen atoms in total. The maximum atomic E-state index is 13.2. The first-order chi connectivity index (χ1) is 18.5. The minimum atomic E-state index is -0.176. The predicted octanol–water partition coefficient (Wildman–Crippen LogP) is 4.15. The molecule has 1 atom stereocenters. The largest absolute Gasteiger partial charge is 0.381 e. The molecule has 0 spiro atoms. The van der Waals surface area contributed by atoms with Crippen molar-refractivity contribution in [1.29, 1.82) is 0 Å². The summed E-state index contributed by atoms with van der Waals surface area (Å²) in [4.78, 5) is 40.3. The van der Waals surface area contributed by atoms with Gasteiger partial charge in [0.2, 0.25) is 11.9 Å². The number of aromatic nitrogens is 2. The number of nitrogens with zero attached hydrogens (tertiary/aromatic N) is 4. The molecule has 2 fully saturated rings. The minimum Gasteiger partial charge on any atom is -0.381 e. The molecule has 10 heteroatoms. The summed E-state index contributed by atoms with van der Waals surface area (Å²) in [6.07, 6.45) is 11.6. The summed E-state index contributed by atoms with van der Waals surface area (Å²) in [5.74, 6) is 0.153. The van der Waals surface area contributed by atoms with Crippen LogP contribution in [0.15, 0.2) is 53.3 Å². The number of rotatable bonds is 8. The number of fused-ring (bicyclic) bond motifs is 1. The average molecular weight is 535 g/mol. The fourth-order valence-electron chi connectivity index (χ4n) is 5.17. The molecule has 38 heavy (non-hydrogen) atoms. The van der Waals surface area contributed by atoms with Crippen molar-refractivity contribution in [3.05, 3.63) is 64.5 Å². The lowest BCUT2D eigenvalue weighted by molar-refractivity contribution is -0.122. The Morgan fingerprint density at radius 3 is 2.95 bits per heavy atom. The summed E-state index contributed by atoms with van der Waals surface area (Å²) in [5.41, 5.74) is 3.89. The molecule has 2 aromatic rings. The van der Waals surface area contributed by atoms with Gasteiger partial charge in [-0.25, -0.2) is 9.97 Å². The van der Waals surface area contributed by atoms with Gasteiger partial charge in [0.05, 0.1) is 23.0 Å². The van der Waals surface area contributed by atoms with Crippen LogP contribution in [-0.2, 0) is 16.1 Å². The van der Waals surface area contributed by atoms with Gasteiger partial charge in [-0.3, -0.25) is 14.6 Å². The maximum absolute atomic E-state index is 13.2. The number of halogens is 1. The van der Waals surface area contributed by atoms with E-state index in [4.69, 9.17) is 16.3 Å². The Kier molecular flexibility index (Phi) is 8.14. The summed E-state index contributed by atoms with van der Waals surface area (Å²) in [5, 5.41) is 6.85. The standard InChI is InChI=1S/C28H31ClN6O3/c1-30-11-3-5-18-4-2-6-24(18)33-25(36)17-35-16-20-8-7-19(14-22(20)27(35)37)26-23(29)15-31-28(34-26)32-21-9-12-38-13-10-21/h3,5,7-8,11,14-15,21,24H,1-2,4,6,9-10,12-13,16-17H2,(H,33,36)(H,31,32,34)/b11-3-,18-5+. The predicted molar refractivity (Wildman–Crippen MR) is 147 cm³/mol. The number of amides is 2. The Bertz CT molecular complexity index is 1290. The van der Waals surface area contributed by atoms with Crippen LogP contribution in [-0.4, -0.2) is 65.2 Å². The van der Waals surface area contributed by atoms with E-state index in [1.54, 1.807) is 23.4 Å². The summed E-state index contributed by atoms with van der Waals surface area (Å²) < 4.78 is 5.42. The van der Waals surface area contributed by atoms with Gasteiger partial charge in [0, 0.05) is 43.1 Å². The highest BCUT2D eigenvalue weighted by Crippen LogP contribution is 2.32. The Labute approximate surface area is 227 Å². The van der Waals surface area contributed by atoms with Crippen LogP contribution in [0.2, 0.25) is 5.02 Å². The van der Waals surface area contributed by atoms with Crippen LogP contribution in [0.5, 0.6) is 0 Å². The van der Waals surface area contributed by atoms with Gasteiger partial charge in [0.15, 0.2) is 0 Å². The number of anilines is 1. The van der Waals surface area contributed by atoms with Gasteiger partial charge in [-0.2, -0.15) is 0 Å². The average Bonchev–Trinajstić information content (AvgIpc) is 3.49. The third-order valence-electron chi connectivity index (χ3n) is 7.14. The van der Waals surface area contributed by atoms with E-state index >= 15 is 0 Å². The molecule has 2 N–H and O–H groups in total. The first-order valence-electron chi connectivity index (χ1n) is 12.9. The molecule has 1 aromatic heterocycles. The van der Waals surface area contributed by atoms with Gasteiger partial charge in [-0.1, -0.05) is 29.8 Å². The maximum Gasteiger partial charge on any atom is 0.254 e. The number of ether oxygens (including phenoxy) is 1. The zero-order valence-electron chi connectivity index (χ0n) is 21.2. The second-order valence-corrected chi connectivity index (χ2v) is 10.1. The zero-order chi connectivity index (χ0) is 26.5. The molecule has 1 aliphatic carbocycles. The molecule has 1 saturated heterocycles. The molecule has 0 radical (unpaired) electrons. The molecule has 3 aliphatic rings. The molecule has 2 amide bonds. The molecule has 198 valence electrons. The number of hydrogen-bond acceptors (Lipinski definition) is 7. The number of benzene rings is 1. The molecule has 1 saturated carbocycles. The summed E-state index contributed by atoms with van der Waals surface area (Å²) in [6.45, 7) is 5.25. The van der Waals surface area contributed by atoms with Crippen molar-refractivity contribution >= 4 is 36.1 Å². The van der Waals surface area contributed by atoms with Gasteiger partial charge < -0.3 is 20.3 Å². The fourth-order valence-corrected chi connectivity index (χ4v) is 5.38. The molecule has 1 unspecified atom stereocenters. The number of carbonyl (C=O) groups is 2. The summed E-state index contributed by atoms with van der Waals surface area (Å²) >= 11 is 6.45.